The Morgan fingerprint density at radius 3 is 2.57 bits per heavy atom. The van der Waals surface area contributed by atoms with Gasteiger partial charge in [-0.05, 0) is 32.8 Å². The fraction of sp³-hybridized carbons (Fsp3) is 0.615. The van der Waals surface area contributed by atoms with Crippen LogP contribution in [0.5, 0.6) is 0 Å². The highest BCUT2D eigenvalue weighted by Crippen LogP contribution is 2.24. The van der Waals surface area contributed by atoms with Gasteiger partial charge in [-0.2, -0.15) is 0 Å². The number of ether oxygens (including phenoxy) is 1. The van der Waals surface area contributed by atoms with Crippen LogP contribution in [0.2, 0.25) is 0 Å². The molecule has 1 fully saturated rings. The summed E-state index contributed by atoms with van der Waals surface area (Å²) in [5.74, 6) is -1.14. The normalized spacial score (nSPS) is 18.6. The van der Waals surface area contributed by atoms with E-state index in [1.54, 1.807) is 6.92 Å². The molecule has 1 aromatic rings. The van der Waals surface area contributed by atoms with Crippen molar-refractivity contribution in [2.75, 3.05) is 13.2 Å². The van der Waals surface area contributed by atoms with Gasteiger partial charge in [0, 0.05) is 31.5 Å². The van der Waals surface area contributed by atoms with Gasteiger partial charge in [-0.3, -0.25) is 0 Å². The Hall–Kier alpha value is -1.38. The summed E-state index contributed by atoms with van der Waals surface area (Å²) in [5, 5.41) is 9.10. The number of carbonyl (C=O) groups is 1. The minimum Gasteiger partial charge on any atom is -0.477 e. The van der Waals surface area contributed by atoms with Gasteiger partial charge in [0.25, 0.3) is 0 Å². The van der Waals surface area contributed by atoms with Crippen LogP contribution in [0.4, 0.5) is 0 Å². The number of carboxylic acids is 1. The fourth-order valence-corrected chi connectivity index (χ4v) is 3.88. The molecule has 0 amide bonds. The van der Waals surface area contributed by atoms with Crippen LogP contribution in [0, 0.1) is 0 Å². The minimum absolute atomic E-state index is 0.0190. The van der Waals surface area contributed by atoms with Crippen molar-refractivity contribution in [2.45, 2.75) is 43.7 Å². The summed E-state index contributed by atoms with van der Waals surface area (Å²) in [7, 11) is -3.75. The van der Waals surface area contributed by atoms with Gasteiger partial charge < -0.3 is 14.4 Å². The molecule has 1 aliphatic heterocycles. The van der Waals surface area contributed by atoms with E-state index in [1.165, 1.54) is 16.8 Å². The quantitative estimate of drug-likeness (QED) is 0.846. The first-order valence-corrected chi connectivity index (χ1v) is 8.31. The predicted molar refractivity (Wildman–Crippen MR) is 75.8 cm³/mol. The van der Waals surface area contributed by atoms with Crippen molar-refractivity contribution < 1.29 is 23.1 Å². The highest BCUT2D eigenvalue weighted by atomic mass is 32.2. The molecule has 0 aromatic carbocycles. The van der Waals surface area contributed by atoms with E-state index in [4.69, 9.17) is 9.84 Å². The number of rotatable bonds is 5. The first-order valence-electron chi connectivity index (χ1n) is 6.82. The Kier molecular flexibility index (Phi) is 4.40. The second-order valence-electron chi connectivity index (χ2n) is 5.43. The molecule has 0 unspecified atom stereocenters. The van der Waals surface area contributed by atoms with E-state index in [9.17, 15) is 13.2 Å². The highest BCUT2D eigenvalue weighted by molar-refractivity contribution is 7.89. The van der Waals surface area contributed by atoms with Crippen molar-refractivity contribution in [3.05, 3.63) is 18.0 Å². The lowest BCUT2D eigenvalue weighted by Gasteiger charge is -2.33. The lowest BCUT2D eigenvalue weighted by molar-refractivity contribution is 0.0537. The van der Waals surface area contributed by atoms with Gasteiger partial charge >= 0.3 is 5.97 Å². The molecule has 2 heterocycles. The minimum atomic E-state index is -3.75. The van der Waals surface area contributed by atoms with Gasteiger partial charge in [0.15, 0.2) is 0 Å². The zero-order chi connectivity index (χ0) is 15.7. The number of aromatic nitrogens is 1. The molecule has 118 valence electrons. The van der Waals surface area contributed by atoms with E-state index < -0.39 is 21.5 Å². The van der Waals surface area contributed by atoms with Crippen LogP contribution < -0.4 is 4.72 Å². The lowest BCUT2D eigenvalue weighted by atomic mass is 9.94. The third-order valence-corrected chi connectivity index (χ3v) is 5.32. The van der Waals surface area contributed by atoms with E-state index in [-0.39, 0.29) is 10.6 Å². The van der Waals surface area contributed by atoms with Crippen LogP contribution >= 0.6 is 0 Å². The van der Waals surface area contributed by atoms with Crippen molar-refractivity contribution in [1.82, 2.24) is 9.29 Å². The van der Waals surface area contributed by atoms with Crippen molar-refractivity contribution in [2.24, 2.45) is 0 Å². The third kappa shape index (κ3) is 3.45. The third-order valence-electron chi connectivity index (χ3n) is 3.72. The van der Waals surface area contributed by atoms with Gasteiger partial charge in [0.1, 0.15) is 10.6 Å². The summed E-state index contributed by atoms with van der Waals surface area (Å²) in [4.78, 5) is 11.1. The molecule has 7 nitrogen and oxygen atoms in total. The number of nitrogens with one attached hydrogen (secondary N) is 1. The number of sulfonamides is 1. The molecule has 0 spiro atoms. The van der Waals surface area contributed by atoms with Crippen molar-refractivity contribution in [1.29, 1.82) is 0 Å². The monoisotopic (exact) mass is 316 g/mol. The van der Waals surface area contributed by atoms with Gasteiger partial charge in [-0.15, -0.1) is 0 Å². The molecular formula is C13H20N2O5S. The SMILES string of the molecule is CCn1cc(S(=O)(=O)NC2(C)CCOCC2)cc1C(=O)O. The molecular weight excluding hydrogens is 296 g/mol. The zero-order valence-corrected chi connectivity index (χ0v) is 12.9. The van der Waals surface area contributed by atoms with Crippen molar-refractivity contribution in [3.8, 4) is 0 Å². The summed E-state index contributed by atoms with van der Waals surface area (Å²) in [5.41, 5.74) is -0.593. The average molecular weight is 316 g/mol. The van der Waals surface area contributed by atoms with E-state index in [1.807, 2.05) is 6.92 Å². The van der Waals surface area contributed by atoms with Gasteiger partial charge in [-0.1, -0.05) is 0 Å². The summed E-state index contributed by atoms with van der Waals surface area (Å²) in [6.45, 7) is 5.01. The summed E-state index contributed by atoms with van der Waals surface area (Å²) in [6, 6.07) is 1.19. The molecule has 0 radical (unpaired) electrons. The number of nitrogens with zero attached hydrogens (tertiary/aromatic N) is 1. The van der Waals surface area contributed by atoms with Crippen LogP contribution in [0.25, 0.3) is 0 Å². The smallest absolute Gasteiger partial charge is 0.352 e. The number of hydrogen-bond acceptors (Lipinski definition) is 4. The molecule has 0 aliphatic carbocycles. The Morgan fingerprint density at radius 2 is 2.10 bits per heavy atom. The van der Waals surface area contributed by atoms with Crippen LogP contribution in [-0.2, 0) is 21.3 Å². The highest BCUT2D eigenvalue weighted by Gasteiger charge is 2.33. The van der Waals surface area contributed by atoms with Crippen LogP contribution in [0.15, 0.2) is 17.2 Å². The number of carboxylic acid groups (broad SMARTS) is 1. The molecule has 0 atom stereocenters. The van der Waals surface area contributed by atoms with Crippen molar-refractivity contribution in [3.63, 3.8) is 0 Å². The lowest BCUT2D eigenvalue weighted by Crippen LogP contribution is -2.49. The number of aryl methyl sites for hydroxylation is 1. The molecule has 1 saturated heterocycles. The molecule has 8 heteroatoms. The Morgan fingerprint density at radius 1 is 1.48 bits per heavy atom. The second-order valence-corrected chi connectivity index (χ2v) is 7.11. The predicted octanol–water partition coefficient (Wildman–Crippen LogP) is 1.05. The second kappa shape index (κ2) is 5.78. The maximum absolute atomic E-state index is 12.5. The first kappa shape index (κ1) is 16.0. The Balaban J connectivity index is 2.29. The van der Waals surface area contributed by atoms with Gasteiger partial charge in [0.05, 0.1) is 0 Å². The fourth-order valence-electron chi connectivity index (χ4n) is 2.38. The maximum atomic E-state index is 12.5. The molecule has 0 saturated carbocycles. The molecule has 21 heavy (non-hydrogen) atoms. The summed E-state index contributed by atoms with van der Waals surface area (Å²) in [6.07, 6.45) is 2.54. The maximum Gasteiger partial charge on any atom is 0.352 e. The Labute approximate surface area is 124 Å². The molecule has 2 rings (SSSR count). The molecule has 0 bridgehead atoms. The molecule has 1 aromatic heterocycles. The number of hydrogen-bond donors (Lipinski definition) is 2. The topological polar surface area (TPSA) is 97.6 Å². The van der Waals surface area contributed by atoms with Crippen LogP contribution in [0.1, 0.15) is 37.2 Å². The van der Waals surface area contributed by atoms with Crippen LogP contribution in [-0.4, -0.2) is 42.8 Å². The van der Waals surface area contributed by atoms with E-state index in [0.29, 0.717) is 32.6 Å². The van der Waals surface area contributed by atoms with E-state index >= 15 is 0 Å². The number of aromatic carboxylic acids is 1. The zero-order valence-electron chi connectivity index (χ0n) is 12.1. The van der Waals surface area contributed by atoms with E-state index in [2.05, 4.69) is 4.72 Å². The van der Waals surface area contributed by atoms with E-state index in [0.717, 1.165) is 0 Å². The summed E-state index contributed by atoms with van der Waals surface area (Å²) >= 11 is 0. The molecule has 1 aliphatic rings. The largest absolute Gasteiger partial charge is 0.477 e. The standard InChI is InChI=1S/C13H20N2O5S/c1-3-15-9-10(8-11(15)12(16)17)21(18,19)14-13(2)4-6-20-7-5-13/h8-9,14H,3-7H2,1-2H3,(H,16,17). The first-order chi connectivity index (χ1) is 9.77. The van der Waals surface area contributed by atoms with Crippen molar-refractivity contribution >= 4 is 16.0 Å². The van der Waals surface area contributed by atoms with Crippen LogP contribution in [0.3, 0.4) is 0 Å². The summed E-state index contributed by atoms with van der Waals surface area (Å²) < 4.78 is 34.2. The van der Waals surface area contributed by atoms with Gasteiger partial charge in [-0.25, -0.2) is 17.9 Å². The Bertz CT molecular complexity index is 629. The van der Waals surface area contributed by atoms with Gasteiger partial charge in [0.2, 0.25) is 10.0 Å². The molecule has 2 N–H and O–H groups in total. The average Bonchev–Trinajstić information content (AvgIpc) is 2.83.